The highest BCUT2D eigenvalue weighted by Gasteiger charge is 2.17. The first-order valence-corrected chi connectivity index (χ1v) is 5.82. The van der Waals surface area contributed by atoms with Crippen LogP contribution in [-0.2, 0) is 12.8 Å². The Morgan fingerprint density at radius 2 is 2.27 bits per heavy atom. The predicted octanol–water partition coefficient (Wildman–Crippen LogP) is 1.99. The van der Waals surface area contributed by atoms with E-state index in [9.17, 15) is 0 Å². The summed E-state index contributed by atoms with van der Waals surface area (Å²) < 4.78 is 0. The van der Waals surface area contributed by atoms with Gasteiger partial charge in [-0.05, 0) is 36.5 Å². The van der Waals surface area contributed by atoms with Crippen molar-refractivity contribution in [2.75, 3.05) is 24.6 Å². The number of anilines is 1. The first-order chi connectivity index (χ1) is 7.35. The molecule has 2 rings (SSSR count). The zero-order chi connectivity index (χ0) is 10.7. The molecule has 15 heavy (non-hydrogen) atoms. The van der Waals surface area contributed by atoms with E-state index in [1.54, 1.807) is 0 Å². The van der Waals surface area contributed by atoms with Gasteiger partial charge in [0.2, 0.25) is 0 Å². The second kappa shape index (κ2) is 4.67. The van der Waals surface area contributed by atoms with Crippen LogP contribution in [0.5, 0.6) is 0 Å². The van der Waals surface area contributed by atoms with Crippen LogP contribution in [0.3, 0.4) is 0 Å². The summed E-state index contributed by atoms with van der Waals surface area (Å²) in [5.41, 5.74) is 4.10. The Morgan fingerprint density at radius 3 is 3.00 bits per heavy atom. The van der Waals surface area contributed by atoms with E-state index < -0.39 is 0 Å². The molecule has 1 aromatic rings. The minimum Gasteiger partial charge on any atom is -0.396 e. The van der Waals surface area contributed by atoms with Gasteiger partial charge in [0, 0.05) is 25.4 Å². The quantitative estimate of drug-likeness (QED) is 0.812. The lowest BCUT2D eigenvalue weighted by atomic mass is 10.1. The molecule has 0 atom stereocenters. The highest BCUT2D eigenvalue weighted by molar-refractivity contribution is 5.59. The number of fused-ring (bicyclic) bond motifs is 1. The molecule has 0 saturated heterocycles. The predicted molar refractivity (Wildman–Crippen MR) is 63.4 cm³/mol. The third-order valence-electron chi connectivity index (χ3n) is 3.04. The number of aliphatic hydroxyl groups is 1. The van der Waals surface area contributed by atoms with Crippen molar-refractivity contribution in [3.8, 4) is 0 Å². The van der Waals surface area contributed by atoms with Crippen LogP contribution >= 0.6 is 0 Å². The Morgan fingerprint density at radius 1 is 1.40 bits per heavy atom. The lowest BCUT2D eigenvalue weighted by molar-refractivity contribution is 0.299. The Bertz CT molecular complexity index is 333. The van der Waals surface area contributed by atoms with E-state index in [2.05, 4.69) is 30.0 Å². The molecule has 1 N–H and O–H groups in total. The van der Waals surface area contributed by atoms with Gasteiger partial charge in [0.1, 0.15) is 0 Å². The maximum Gasteiger partial charge on any atom is 0.0471 e. The smallest absolute Gasteiger partial charge is 0.0471 e. The van der Waals surface area contributed by atoms with Gasteiger partial charge in [-0.15, -0.1) is 0 Å². The summed E-state index contributed by atoms with van der Waals surface area (Å²) in [5.74, 6) is 0. The van der Waals surface area contributed by atoms with Crippen LogP contribution in [0.1, 0.15) is 24.5 Å². The summed E-state index contributed by atoms with van der Waals surface area (Å²) in [6.45, 7) is 4.77. The molecule has 1 aliphatic rings. The van der Waals surface area contributed by atoms with Gasteiger partial charge >= 0.3 is 0 Å². The van der Waals surface area contributed by atoms with Crippen LogP contribution in [0.4, 0.5) is 5.69 Å². The van der Waals surface area contributed by atoms with E-state index in [0.717, 1.165) is 19.5 Å². The van der Waals surface area contributed by atoms with Crippen molar-refractivity contribution in [1.29, 1.82) is 0 Å². The lowest BCUT2D eigenvalue weighted by Crippen LogP contribution is -2.21. The number of hydrogen-bond acceptors (Lipinski definition) is 2. The zero-order valence-electron chi connectivity index (χ0n) is 9.37. The maximum atomic E-state index is 8.92. The molecule has 1 aromatic carbocycles. The Kier molecular flexibility index (Phi) is 3.27. The molecule has 0 aromatic heterocycles. The fraction of sp³-hybridized carbons (Fsp3) is 0.538. The molecule has 1 aliphatic heterocycles. The Labute approximate surface area is 91.5 Å². The summed E-state index contributed by atoms with van der Waals surface area (Å²) in [6.07, 6.45) is 3.14. The third kappa shape index (κ3) is 2.15. The highest BCUT2D eigenvalue weighted by atomic mass is 16.2. The third-order valence-corrected chi connectivity index (χ3v) is 3.04. The van der Waals surface area contributed by atoms with Gasteiger partial charge in [0.15, 0.2) is 0 Å². The van der Waals surface area contributed by atoms with Crippen LogP contribution in [0.15, 0.2) is 18.2 Å². The molecule has 0 bridgehead atoms. The number of aliphatic hydroxyl groups excluding tert-OH is 1. The van der Waals surface area contributed by atoms with Gasteiger partial charge in [-0.25, -0.2) is 0 Å². The first-order valence-electron chi connectivity index (χ1n) is 5.82. The lowest BCUT2D eigenvalue weighted by Gasteiger charge is -2.18. The molecule has 0 amide bonds. The topological polar surface area (TPSA) is 23.5 Å². The summed E-state index contributed by atoms with van der Waals surface area (Å²) in [7, 11) is 0. The molecule has 0 unspecified atom stereocenters. The summed E-state index contributed by atoms with van der Waals surface area (Å²) in [4.78, 5) is 2.45. The molecule has 0 aliphatic carbocycles. The molecular weight excluding hydrogens is 186 g/mol. The largest absolute Gasteiger partial charge is 0.396 e. The van der Waals surface area contributed by atoms with E-state index in [1.807, 2.05) is 0 Å². The van der Waals surface area contributed by atoms with Crippen molar-refractivity contribution in [3.05, 3.63) is 29.3 Å². The standard InChI is InChI=1S/C13H19NO/c1-2-7-14-8-5-12-4-3-11(6-9-15)10-13(12)14/h3-4,10,15H,2,5-9H2,1H3. The first kappa shape index (κ1) is 10.5. The minimum absolute atomic E-state index is 0.243. The SMILES string of the molecule is CCCN1CCc2ccc(CCO)cc21. The van der Waals surface area contributed by atoms with Gasteiger partial charge in [-0.2, -0.15) is 0 Å². The van der Waals surface area contributed by atoms with Gasteiger partial charge in [0.05, 0.1) is 0 Å². The second-order valence-electron chi connectivity index (χ2n) is 4.17. The number of nitrogens with zero attached hydrogens (tertiary/aromatic N) is 1. The molecule has 0 radical (unpaired) electrons. The maximum absolute atomic E-state index is 8.92. The molecule has 0 fully saturated rings. The molecule has 82 valence electrons. The van der Waals surface area contributed by atoms with Crippen molar-refractivity contribution in [1.82, 2.24) is 0 Å². The molecule has 0 spiro atoms. The minimum atomic E-state index is 0.243. The van der Waals surface area contributed by atoms with Crippen molar-refractivity contribution >= 4 is 5.69 Å². The van der Waals surface area contributed by atoms with Crippen molar-refractivity contribution in [2.24, 2.45) is 0 Å². The zero-order valence-corrected chi connectivity index (χ0v) is 9.37. The van der Waals surface area contributed by atoms with Crippen LogP contribution in [-0.4, -0.2) is 24.8 Å². The Balaban J connectivity index is 2.21. The van der Waals surface area contributed by atoms with Crippen molar-refractivity contribution in [2.45, 2.75) is 26.2 Å². The summed E-state index contributed by atoms with van der Waals surface area (Å²) in [5, 5.41) is 8.92. The normalized spacial score (nSPS) is 14.4. The molecule has 2 heteroatoms. The average Bonchev–Trinajstić information content (AvgIpc) is 2.63. The summed E-state index contributed by atoms with van der Waals surface area (Å²) >= 11 is 0. The van der Waals surface area contributed by atoms with Gasteiger partial charge in [0.25, 0.3) is 0 Å². The van der Waals surface area contributed by atoms with Crippen LogP contribution in [0.2, 0.25) is 0 Å². The van der Waals surface area contributed by atoms with Crippen molar-refractivity contribution in [3.63, 3.8) is 0 Å². The van der Waals surface area contributed by atoms with E-state index in [-0.39, 0.29) is 6.61 Å². The number of hydrogen-bond donors (Lipinski definition) is 1. The van der Waals surface area contributed by atoms with Gasteiger partial charge in [-0.3, -0.25) is 0 Å². The molecule has 2 nitrogen and oxygen atoms in total. The fourth-order valence-corrected chi connectivity index (χ4v) is 2.28. The highest BCUT2D eigenvalue weighted by Crippen LogP contribution is 2.29. The van der Waals surface area contributed by atoms with Crippen LogP contribution in [0.25, 0.3) is 0 Å². The van der Waals surface area contributed by atoms with E-state index in [4.69, 9.17) is 5.11 Å². The van der Waals surface area contributed by atoms with E-state index in [0.29, 0.717) is 0 Å². The molecule has 0 saturated carbocycles. The molecular formula is C13H19NO. The monoisotopic (exact) mass is 205 g/mol. The number of benzene rings is 1. The summed E-state index contributed by atoms with van der Waals surface area (Å²) in [6, 6.07) is 6.61. The second-order valence-corrected chi connectivity index (χ2v) is 4.17. The van der Waals surface area contributed by atoms with Crippen LogP contribution in [0, 0.1) is 0 Å². The van der Waals surface area contributed by atoms with E-state index >= 15 is 0 Å². The van der Waals surface area contributed by atoms with Crippen molar-refractivity contribution < 1.29 is 5.11 Å². The average molecular weight is 205 g/mol. The number of rotatable bonds is 4. The van der Waals surface area contributed by atoms with Crippen LogP contribution < -0.4 is 4.90 Å². The van der Waals surface area contributed by atoms with E-state index in [1.165, 1.54) is 29.7 Å². The van der Waals surface area contributed by atoms with Gasteiger partial charge < -0.3 is 10.0 Å². The Hall–Kier alpha value is -1.02. The fourth-order valence-electron chi connectivity index (χ4n) is 2.28. The molecule has 1 heterocycles. The van der Waals surface area contributed by atoms with Gasteiger partial charge in [-0.1, -0.05) is 19.1 Å².